The minimum Gasteiger partial charge on any atom is -0.476 e. The van der Waals surface area contributed by atoms with E-state index in [0.29, 0.717) is 11.7 Å². The van der Waals surface area contributed by atoms with Gasteiger partial charge in [-0.15, -0.1) is 10.2 Å². The maximum atomic E-state index is 11.5. The molecule has 0 aliphatic heterocycles. The average molecular weight is 271 g/mol. The van der Waals surface area contributed by atoms with Crippen LogP contribution in [-0.4, -0.2) is 34.4 Å². The van der Waals surface area contributed by atoms with Gasteiger partial charge in [-0.05, 0) is 18.9 Å². The minimum atomic E-state index is -1.02. The molecule has 0 unspecified atom stereocenters. The van der Waals surface area contributed by atoms with Crippen LogP contribution in [-0.2, 0) is 0 Å². The van der Waals surface area contributed by atoms with Crippen molar-refractivity contribution < 1.29 is 9.90 Å². The van der Waals surface area contributed by atoms with E-state index < -0.39 is 5.97 Å². The lowest BCUT2D eigenvalue weighted by molar-refractivity contribution is 0.0690. The topological polar surface area (TPSA) is 66.3 Å². The van der Waals surface area contributed by atoms with Crippen molar-refractivity contribution in [3.8, 4) is 0 Å². The fraction of sp³-hybridized carbons (Fsp3) is 0.400. The number of aromatic carboxylic acids is 1. The minimum absolute atomic E-state index is 0.0399. The number of nitrogens with zero attached hydrogens (tertiary/aromatic N) is 3. The Morgan fingerprint density at radius 3 is 2.65 bits per heavy atom. The van der Waals surface area contributed by atoms with Gasteiger partial charge in [-0.2, -0.15) is 0 Å². The molecule has 1 aromatic heterocycles. The summed E-state index contributed by atoms with van der Waals surface area (Å²) in [5.41, 5.74) is 1.46. The first kappa shape index (κ1) is 12.8. The Morgan fingerprint density at radius 1 is 1.25 bits per heavy atom. The molecule has 1 aliphatic carbocycles. The molecular weight excluding hydrogens is 254 g/mol. The van der Waals surface area contributed by atoms with E-state index in [1.807, 2.05) is 31.3 Å². The molecule has 1 aliphatic rings. The third-order valence-electron chi connectivity index (χ3n) is 4.07. The first-order chi connectivity index (χ1) is 9.68. The van der Waals surface area contributed by atoms with Crippen LogP contribution in [0, 0.1) is 0 Å². The third kappa shape index (κ3) is 2.09. The standard InChI is InChI=1S/C15H17N3O2/c1-18(10-6-2-3-7-10)14-11-8-4-5-9-12(11)16-17-13(14)15(19)20/h4-5,8-10H,2-3,6-7H2,1H3,(H,19,20). The average Bonchev–Trinajstić information content (AvgIpc) is 2.99. The Morgan fingerprint density at radius 2 is 1.95 bits per heavy atom. The van der Waals surface area contributed by atoms with Crippen LogP contribution in [0.5, 0.6) is 0 Å². The second-order valence-electron chi connectivity index (χ2n) is 5.27. The fourth-order valence-corrected chi connectivity index (χ4v) is 3.02. The molecule has 20 heavy (non-hydrogen) atoms. The highest BCUT2D eigenvalue weighted by atomic mass is 16.4. The number of carbonyl (C=O) groups is 1. The summed E-state index contributed by atoms with van der Waals surface area (Å²) in [5.74, 6) is -1.02. The zero-order valence-corrected chi connectivity index (χ0v) is 11.4. The molecule has 0 atom stereocenters. The van der Waals surface area contributed by atoms with Crippen LogP contribution >= 0.6 is 0 Å². The zero-order valence-electron chi connectivity index (χ0n) is 11.4. The molecule has 5 nitrogen and oxygen atoms in total. The molecule has 1 fully saturated rings. The number of hydrogen-bond acceptors (Lipinski definition) is 4. The summed E-state index contributed by atoms with van der Waals surface area (Å²) in [5, 5.41) is 18.2. The summed E-state index contributed by atoms with van der Waals surface area (Å²) < 4.78 is 0. The Labute approximate surface area is 117 Å². The van der Waals surface area contributed by atoms with Gasteiger partial charge in [0.2, 0.25) is 0 Å². The molecule has 0 radical (unpaired) electrons. The van der Waals surface area contributed by atoms with Crippen LogP contribution in [0.2, 0.25) is 0 Å². The quantitative estimate of drug-likeness (QED) is 0.929. The highest BCUT2D eigenvalue weighted by Crippen LogP contribution is 2.33. The smallest absolute Gasteiger partial charge is 0.358 e. The fourth-order valence-electron chi connectivity index (χ4n) is 3.02. The zero-order chi connectivity index (χ0) is 14.1. The number of benzene rings is 1. The molecular formula is C15H17N3O2. The summed E-state index contributed by atoms with van der Waals surface area (Å²) in [6.45, 7) is 0. The second-order valence-corrected chi connectivity index (χ2v) is 5.27. The van der Waals surface area contributed by atoms with Gasteiger partial charge in [-0.1, -0.05) is 31.0 Å². The number of carboxylic acid groups (broad SMARTS) is 1. The van der Waals surface area contributed by atoms with Crippen LogP contribution in [0.3, 0.4) is 0 Å². The van der Waals surface area contributed by atoms with E-state index in [0.717, 1.165) is 23.7 Å². The summed E-state index contributed by atoms with van der Waals surface area (Å²) in [6, 6.07) is 7.95. The molecule has 5 heteroatoms. The monoisotopic (exact) mass is 271 g/mol. The summed E-state index contributed by atoms with van der Waals surface area (Å²) >= 11 is 0. The van der Waals surface area contributed by atoms with E-state index in [2.05, 4.69) is 15.1 Å². The van der Waals surface area contributed by atoms with Gasteiger partial charge >= 0.3 is 5.97 Å². The summed E-state index contributed by atoms with van der Waals surface area (Å²) in [6.07, 6.45) is 4.61. The molecule has 3 rings (SSSR count). The number of rotatable bonds is 3. The van der Waals surface area contributed by atoms with Crippen molar-refractivity contribution in [2.24, 2.45) is 0 Å². The van der Waals surface area contributed by atoms with Gasteiger partial charge < -0.3 is 10.0 Å². The predicted octanol–water partition coefficient (Wildman–Crippen LogP) is 2.71. The van der Waals surface area contributed by atoms with Gasteiger partial charge in [-0.3, -0.25) is 0 Å². The van der Waals surface area contributed by atoms with Crippen molar-refractivity contribution in [1.29, 1.82) is 0 Å². The number of carboxylic acids is 1. The van der Waals surface area contributed by atoms with Crippen molar-refractivity contribution in [3.63, 3.8) is 0 Å². The lowest BCUT2D eigenvalue weighted by Crippen LogP contribution is -2.31. The largest absolute Gasteiger partial charge is 0.476 e. The van der Waals surface area contributed by atoms with Crippen LogP contribution < -0.4 is 4.90 Å². The predicted molar refractivity (Wildman–Crippen MR) is 77.2 cm³/mol. The first-order valence-corrected chi connectivity index (χ1v) is 6.90. The van der Waals surface area contributed by atoms with Gasteiger partial charge in [0.15, 0.2) is 5.69 Å². The lowest BCUT2D eigenvalue weighted by atomic mass is 10.1. The number of hydrogen-bond donors (Lipinski definition) is 1. The van der Waals surface area contributed by atoms with E-state index in [1.54, 1.807) is 0 Å². The van der Waals surface area contributed by atoms with E-state index in [4.69, 9.17) is 0 Å². The molecule has 1 saturated carbocycles. The van der Waals surface area contributed by atoms with Gasteiger partial charge in [0.05, 0.1) is 11.2 Å². The van der Waals surface area contributed by atoms with Crippen molar-refractivity contribution in [2.75, 3.05) is 11.9 Å². The molecule has 1 heterocycles. The highest BCUT2D eigenvalue weighted by molar-refractivity contribution is 6.02. The van der Waals surface area contributed by atoms with Crippen LogP contribution in [0.4, 0.5) is 5.69 Å². The van der Waals surface area contributed by atoms with Crippen LogP contribution in [0.25, 0.3) is 10.9 Å². The normalized spacial score (nSPS) is 15.7. The summed E-state index contributed by atoms with van der Waals surface area (Å²) in [7, 11) is 1.96. The SMILES string of the molecule is CN(c1c(C(=O)O)nnc2ccccc12)C1CCCC1. The van der Waals surface area contributed by atoms with Crippen molar-refractivity contribution in [2.45, 2.75) is 31.7 Å². The molecule has 1 N–H and O–H groups in total. The van der Waals surface area contributed by atoms with Crippen molar-refractivity contribution in [3.05, 3.63) is 30.0 Å². The first-order valence-electron chi connectivity index (χ1n) is 6.90. The molecule has 0 amide bonds. The Kier molecular flexibility index (Phi) is 3.26. The van der Waals surface area contributed by atoms with Crippen LogP contribution in [0.1, 0.15) is 36.2 Å². The number of aromatic nitrogens is 2. The third-order valence-corrected chi connectivity index (χ3v) is 4.07. The Bertz CT molecular complexity index is 651. The van der Waals surface area contributed by atoms with E-state index in [-0.39, 0.29) is 5.69 Å². The van der Waals surface area contributed by atoms with Crippen LogP contribution in [0.15, 0.2) is 24.3 Å². The van der Waals surface area contributed by atoms with Gasteiger partial charge in [0.1, 0.15) is 0 Å². The summed E-state index contributed by atoms with van der Waals surface area (Å²) in [4.78, 5) is 13.5. The molecule has 0 spiro atoms. The second kappa shape index (κ2) is 5.07. The maximum absolute atomic E-state index is 11.5. The molecule has 1 aromatic carbocycles. The number of anilines is 1. The van der Waals surface area contributed by atoms with Gasteiger partial charge in [0, 0.05) is 18.5 Å². The van der Waals surface area contributed by atoms with Gasteiger partial charge in [-0.25, -0.2) is 4.79 Å². The number of fused-ring (bicyclic) bond motifs is 1. The Balaban J connectivity index is 2.18. The van der Waals surface area contributed by atoms with Gasteiger partial charge in [0.25, 0.3) is 0 Å². The van der Waals surface area contributed by atoms with E-state index in [9.17, 15) is 9.90 Å². The van der Waals surface area contributed by atoms with Crippen molar-refractivity contribution in [1.82, 2.24) is 10.2 Å². The Hall–Kier alpha value is -2.17. The molecule has 0 bridgehead atoms. The maximum Gasteiger partial charge on any atom is 0.358 e. The molecule has 2 aromatic rings. The lowest BCUT2D eigenvalue weighted by Gasteiger charge is -2.28. The van der Waals surface area contributed by atoms with Crippen molar-refractivity contribution >= 4 is 22.6 Å². The van der Waals surface area contributed by atoms with E-state index in [1.165, 1.54) is 12.8 Å². The molecule has 104 valence electrons. The van der Waals surface area contributed by atoms with E-state index >= 15 is 0 Å². The molecule has 0 saturated heterocycles. The highest BCUT2D eigenvalue weighted by Gasteiger charge is 2.26.